The van der Waals surface area contributed by atoms with Crippen molar-refractivity contribution in [2.75, 3.05) is 0 Å². The van der Waals surface area contributed by atoms with Crippen LogP contribution in [0.5, 0.6) is 0 Å². The number of carbonyl (C=O) groups is 2. The van der Waals surface area contributed by atoms with E-state index in [0.717, 1.165) is 6.42 Å². The fourth-order valence-corrected chi connectivity index (χ4v) is 2.03. The average molecular weight is 296 g/mol. The van der Waals surface area contributed by atoms with E-state index < -0.39 is 0 Å². The minimum absolute atomic E-state index is 0.0969. The van der Waals surface area contributed by atoms with Crippen LogP contribution in [0.15, 0.2) is 60.7 Å². The summed E-state index contributed by atoms with van der Waals surface area (Å²) < 4.78 is 0. The smallest absolute Gasteiger partial charge is 0.267 e. The summed E-state index contributed by atoms with van der Waals surface area (Å²) in [5.41, 5.74) is 3.80. The predicted octanol–water partition coefficient (Wildman–Crippen LogP) is 3.27. The maximum atomic E-state index is 12.6. The number of hydrogen-bond donors (Lipinski definition) is 1. The lowest BCUT2D eigenvalue weighted by molar-refractivity contribution is 0.0494. The van der Waals surface area contributed by atoms with E-state index in [2.05, 4.69) is 5.43 Å². The van der Waals surface area contributed by atoms with Crippen LogP contribution in [0.3, 0.4) is 0 Å². The van der Waals surface area contributed by atoms with Gasteiger partial charge in [0.1, 0.15) is 0 Å². The second-order valence-electron chi connectivity index (χ2n) is 5.11. The lowest BCUT2D eigenvalue weighted by Gasteiger charge is -2.29. The Kier molecular flexibility index (Phi) is 5.31. The summed E-state index contributed by atoms with van der Waals surface area (Å²) in [5.74, 6) is -0.496. The van der Waals surface area contributed by atoms with Crippen molar-refractivity contribution < 1.29 is 9.59 Å². The molecule has 2 amide bonds. The Morgan fingerprint density at radius 1 is 0.955 bits per heavy atom. The first-order chi connectivity index (χ1) is 10.6. The highest BCUT2D eigenvalue weighted by Crippen LogP contribution is 2.09. The van der Waals surface area contributed by atoms with E-state index in [-0.39, 0.29) is 17.9 Å². The Bertz CT molecular complexity index is 626. The van der Waals surface area contributed by atoms with Crippen molar-refractivity contribution in [1.29, 1.82) is 0 Å². The molecule has 22 heavy (non-hydrogen) atoms. The van der Waals surface area contributed by atoms with Gasteiger partial charge in [-0.05, 0) is 37.6 Å². The van der Waals surface area contributed by atoms with Crippen molar-refractivity contribution in [3.8, 4) is 0 Å². The highest BCUT2D eigenvalue weighted by Gasteiger charge is 2.22. The molecule has 0 aliphatic rings. The molecule has 2 aromatic carbocycles. The van der Waals surface area contributed by atoms with Crippen molar-refractivity contribution in [3.05, 3.63) is 71.8 Å². The van der Waals surface area contributed by atoms with Gasteiger partial charge >= 0.3 is 0 Å². The van der Waals surface area contributed by atoms with Gasteiger partial charge in [-0.3, -0.25) is 15.0 Å². The summed E-state index contributed by atoms with van der Waals surface area (Å²) in [5, 5.41) is 1.41. The van der Waals surface area contributed by atoms with E-state index >= 15 is 0 Å². The van der Waals surface area contributed by atoms with Crippen molar-refractivity contribution in [2.24, 2.45) is 0 Å². The van der Waals surface area contributed by atoms with Crippen molar-refractivity contribution in [3.63, 3.8) is 0 Å². The third-order valence-corrected chi connectivity index (χ3v) is 3.53. The van der Waals surface area contributed by atoms with E-state index in [1.54, 1.807) is 48.5 Å². The van der Waals surface area contributed by atoms with E-state index in [9.17, 15) is 9.59 Å². The second kappa shape index (κ2) is 7.41. The van der Waals surface area contributed by atoms with Gasteiger partial charge in [-0.1, -0.05) is 43.3 Å². The molecule has 0 bridgehead atoms. The van der Waals surface area contributed by atoms with Gasteiger partial charge in [-0.15, -0.1) is 0 Å². The molecule has 4 heteroatoms. The van der Waals surface area contributed by atoms with Crippen LogP contribution < -0.4 is 5.43 Å². The molecule has 0 saturated carbocycles. The van der Waals surface area contributed by atoms with Crippen LogP contribution in [-0.4, -0.2) is 22.9 Å². The molecule has 0 aliphatic heterocycles. The van der Waals surface area contributed by atoms with Gasteiger partial charge in [0, 0.05) is 11.1 Å². The molecule has 1 N–H and O–H groups in total. The van der Waals surface area contributed by atoms with Gasteiger partial charge in [-0.25, -0.2) is 5.01 Å². The van der Waals surface area contributed by atoms with Crippen molar-refractivity contribution >= 4 is 11.8 Å². The molecule has 0 spiro atoms. The van der Waals surface area contributed by atoms with E-state index in [4.69, 9.17) is 0 Å². The molecule has 2 rings (SSSR count). The van der Waals surface area contributed by atoms with Crippen molar-refractivity contribution in [1.82, 2.24) is 10.4 Å². The maximum Gasteiger partial charge on any atom is 0.272 e. The SMILES string of the molecule is CCC(C)N(NC(=O)c1ccccc1)C(=O)c1ccccc1. The van der Waals surface area contributed by atoms with E-state index in [0.29, 0.717) is 11.1 Å². The predicted molar refractivity (Wildman–Crippen MR) is 86.3 cm³/mol. The minimum atomic E-state index is -0.287. The number of nitrogens with zero attached hydrogens (tertiary/aromatic N) is 1. The molecule has 0 aromatic heterocycles. The Labute approximate surface area is 130 Å². The molecular weight excluding hydrogens is 276 g/mol. The lowest BCUT2D eigenvalue weighted by Crippen LogP contribution is -2.50. The normalized spacial score (nSPS) is 11.5. The van der Waals surface area contributed by atoms with Crippen LogP contribution in [0.2, 0.25) is 0 Å². The van der Waals surface area contributed by atoms with Gasteiger partial charge in [0.2, 0.25) is 0 Å². The molecular formula is C18H20N2O2. The standard InChI is InChI=1S/C18H20N2O2/c1-3-14(2)20(18(22)16-12-8-5-9-13-16)19-17(21)15-10-6-4-7-11-15/h4-14H,3H2,1-2H3,(H,19,21). The number of hydrazine groups is 1. The van der Waals surface area contributed by atoms with Crippen LogP contribution in [0, 0.1) is 0 Å². The molecule has 0 aliphatic carbocycles. The first kappa shape index (κ1) is 15.8. The van der Waals surface area contributed by atoms with Gasteiger partial charge in [-0.2, -0.15) is 0 Å². The third kappa shape index (κ3) is 3.73. The summed E-state index contributed by atoms with van der Waals surface area (Å²) in [6, 6.07) is 17.7. The van der Waals surface area contributed by atoms with Crippen LogP contribution in [-0.2, 0) is 0 Å². The van der Waals surface area contributed by atoms with Crippen LogP contribution in [0.25, 0.3) is 0 Å². The molecule has 0 radical (unpaired) electrons. The monoisotopic (exact) mass is 296 g/mol. The summed E-state index contributed by atoms with van der Waals surface area (Å²) in [6.45, 7) is 3.89. The molecule has 2 aromatic rings. The maximum absolute atomic E-state index is 12.6. The third-order valence-electron chi connectivity index (χ3n) is 3.53. The highest BCUT2D eigenvalue weighted by molar-refractivity contribution is 5.99. The van der Waals surface area contributed by atoms with Gasteiger partial charge in [0.05, 0.1) is 6.04 Å². The topological polar surface area (TPSA) is 49.4 Å². The van der Waals surface area contributed by atoms with Crippen LogP contribution >= 0.6 is 0 Å². The molecule has 1 atom stereocenters. The van der Waals surface area contributed by atoms with E-state index in [1.807, 2.05) is 26.0 Å². The van der Waals surface area contributed by atoms with Crippen molar-refractivity contribution in [2.45, 2.75) is 26.3 Å². The number of benzene rings is 2. The number of hydrogen-bond acceptors (Lipinski definition) is 2. The average Bonchev–Trinajstić information content (AvgIpc) is 2.59. The minimum Gasteiger partial charge on any atom is -0.267 e. The molecule has 114 valence electrons. The Balaban J connectivity index is 2.20. The Morgan fingerprint density at radius 3 is 1.95 bits per heavy atom. The summed E-state index contributed by atoms with van der Waals surface area (Å²) in [6.07, 6.45) is 0.744. The van der Waals surface area contributed by atoms with Crippen LogP contribution in [0.1, 0.15) is 41.0 Å². The summed E-state index contributed by atoms with van der Waals surface area (Å²) in [4.78, 5) is 24.9. The second-order valence-corrected chi connectivity index (χ2v) is 5.11. The fraction of sp³-hybridized carbons (Fsp3) is 0.222. The largest absolute Gasteiger partial charge is 0.272 e. The summed E-state index contributed by atoms with van der Waals surface area (Å²) >= 11 is 0. The summed E-state index contributed by atoms with van der Waals surface area (Å²) in [7, 11) is 0. The van der Waals surface area contributed by atoms with Crippen LogP contribution in [0.4, 0.5) is 0 Å². The molecule has 1 unspecified atom stereocenters. The number of rotatable bonds is 4. The molecule has 4 nitrogen and oxygen atoms in total. The Morgan fingerprint density at radius 2 is 1.45 bits per heavy atom. The Hall–Kier alpha value is -2.62. The quantitative estimate of drug-likeness (QED) is 0.880. The fourth-order valence-electron chi connectivity index (χ4n) is 2.03. The lowest BCUT2D eigenvalue weighted by atomic mass is 10.1. The molecule has 0 fully saturated rings. The van der Waals surface area contributed by atoms with Gasteiger partial charge < -0.3 is 0 Å². The zero-order chi connectivity index (χ0) is 15.9. The molecule has 0 heterocycles. The zero-order valence-electron chi connectivity index (χ0n) is 12.8. The van der Waals surface area contributed by atoms with E-state index in [1.165, 1.54) is 5.01 Å². The highest BCUT2D eigenvalue weighted by atomic mass is 16.2. The molecule has 0 saturated heterocycles. The van der Waals surface area contributed by atoms with Gasteiger partial charge in [0.25, 0.3) is 11.8 Å². The van der Waals surface area contributed by atoms with Gasteiger partial charge in [0.15, 0.2) is 0 Å². The number of carbonyl (C=O) groups excluding carboxylic acids is 2. The first-order valence-electron chi connectivity index (χ1n) is 7.38. The number of amides is 2. The number of nitrogens with one attached hydrogen (secondary N) is 1. The first-order valence-corrected chi connectivity index (χ1v) is 7.38. The zero-order valence-corrected chi connectivity index (χ0v) is 12.8.